The van der Waals surface area contributed by atoms with Gasteiger partial charge in [0, 0.05) is 0 Å². The molecule has 0 aromatic heterocycles. The summed E-state index contributed by atoms with van der Waals surface area (Å²) in [6.07, 6.45) is 0. The highest BCUT2D eigenvalue weighted by atomic mass is 35.5. The second kappa shape index (κ2) is 6.84. The van der Waals surface area contributed by atoms with E-state index in [0.717, 1.165) is 0 Å². The minimum Gasteiger partial charge on any atom is -0.294 e. The molecule has 0 aromatic carbocycles. The summed E-state index contributed by atoms with van der Waals surface area (Å²) in [6.45, 7) is 3.62. The van der Waals surface area contributed by atoms with Gasteiger partial charge in [0.15, 0.2) is 4.33 Å². The van der Waals surface area contributed by atoms with Gasteiger partial charge in [-0.1, -0.05) is 23.2 Å². The van der Waals surface area contributed by atoms with Gasteiger partial charge >= 0.3 is 10.4 Å². The second-order valence-corrected chi connectivity index (χ2v) is 12.5. The molecule has 0 fully saturated rings. The van der Waals surface area contributed by atoms with Crippen LogP contribution in [0.25, 0.3) is 0 Å². The standard InChI is InChI=1S/C6H14Cl2O7S2Si/c1-18(2,3)15-17(11,12)14-5-6(7,8)4-13-16(9)10/h16H,4-5H2,1-3H3. The van der Waals surface area contributed by atoms with Gasteiger partial charge in [-0.15, -0.1) is 0 Å². The van der Waals surface area contributed by atoms with Crippen LogP contribution in [0.5, 0.6) is 0 Å². The van der Waals surface area contributed by atoms with Crippen molar-refractivity contribution in [2.75, 3.05) is 13.2 Å². The number of hydrogen-bond acceptors (Lipinski definition) is 7. The average molecular weight is 361 g/mol. The van der Waals surface area contributed by atoms with Gasteiger partial charge in [0.25, 0.3) is 11.0 Å². The van der Waals surface area contributed by atoms with Gasteiger partial charge < -0.3 is 0 Å². The fourth-order valence-electron chi connectivity index (χ4n) is 0.677. The Kier molecular flexibility index (Phi) is 7.06. The second-order valence-electron chi connectivity index (χ2n) is 4.22. The Morgan fingerprint density at radius 2 is 1.67 bits per heavy atom. The molecule has 110 valence electrons. The van der Waals surface area contributed by atoms with Gasteiger partial charge in [-0.3, -0.25) is 8.06 Å². The topological polar surface area (TPSA) is 96.0 Å². The highest BCUT2D eigenvalue weighted by Gasteiger charge is 2.31. The predicted molar refractivity (Wildman–Crippen MR) is 70.0 cm³/mol. The first-order valence-electron chi connectivity index (χ1n) is 4.58. The minimum atomic E-state index is -4.22. The first-order chi connectivity index (χ1) is 7.83. The summed E-state index contributed by atoms with van der Waals surface area (Å²) >= 11 is 11.2. The zero-order valence-corrected chi connectivity index (χ0v) is 14.1. The van der Waals surface area contributed by atoms with Crippen molar-refractivity contribution in [1.29, 1.82) is 0 Å². The van der Waals surface area contributed by atoms with E-state index in [4.69, 9.17) is 27.1 Å². The zero-order chi connectivity index (χ0) is 14.6. The van der Waals surface area contributed by atoms with E-state index < -0.39 is 47.2 Å². The van der Waals surface area contributed by atoms with Crippen molar-refractivity contribution in [3.05, 3.63) is 0 Å². The Labute approximate surface area is 119 Å². The lowest BCUT2D eigenvalue weighted by Gasteiger charge is -2.20. The quantitative estimate of drug-likeness (QED) is 0.388. The summed E-state index contributed by atoms with van der Waals surface area (Å²) in [5, 5.41) is 0. The lowest BCUT2D eigenvalue weighted by atomic mass is 10.5. The summed E-state index contributed by atoms with van der Waals surface area (Å²) in [5.41, 5.74) is 0. The summed E-state index contributed by atoms with van der Waals surface area (Å²) in [4.78, 5) is 0. The fraction of sp³-hybridized carbons (Fsp3) is 1.00. The largest absolute Gasteiger partial charge is 0.390 e. The Morgan fingerprint density at radius 1 is 1.17 bits per heavy atom. The van der Waals surface area contributed by atoms with Gasteiger partial charge in [0.1, 0.15) is 13.2 Å². The van der Waals surface area contributed by atoms with Crippen molar-refractivity contribution >= 4 is 52.9 Å². The van der Waals surface area contributed by atoms with Crippen molar-refractivity contribution < 1.29 is 29.1 Å². The molecule has 0 saturated carbocycles. The van der Waals surface area contributed by atoms with Gasteiger partial charge in [-0.05, 0) is 19.6 Å². The van der Waals surface area contributed by atoms with Crippen molar-refractivity contribution in [2.45, 2.75) is 24.0 Å². The molecule has 0 heterocycles. The third kappa shape index (κ3) is 10.5. The van der Waals surface area contributed by atoms with Gasteiger partial charge in [0.2, 0.25) is 8.32 Å². The summed E-state index contributed by atoms with van der Waals surface area (Å²) in [7, 11) is -9.70. The molecule has 0 amide bonds. The maximum absolute atomic E-state index is 11.3. The van der Waals surface area contributed by atoms with E-state index in [2.05, 4.69) is 8.37 Å². The molecular weight excluding hydrogens is 347 g/mol. The molecular formula is C6H14Cl2O7S2Si. The van der Waals surface area contributed by atoms with E-state index in [1.54, 1.807) is 19.6 Å². The molecule has 0 aliphatic rings. The van der Waals surface area contributed by atoms with Crippen LogP contribution in [0.1, 0.15) is 0 Å². The van der Waals surface area contributed by atoms with E-state index in [1.807, 2.05) is 0 Å². The zero-order valence-electron chi connectivity index (χ0n) is 9.88. The maximum atomic E-state index is 11.3. The number of halogens is 2. The molecule has 0 spiro atoms. The number of rotatable bonds is 8. The molecule has 0 aliphatic carbocycles. The summed E-state index contributed by atoms with van der Waals surface area (Å²) < 4.78 is 54.5. The average Bonchev–Trinajstić information content (AvgIpc) is 2.09. The van der Waals surface area contributed by atoms with Crippen LogP contribution in [0.4, 0.5) is 0 Å². The molecule has 0 bridgehead atoms. The van der Waals surface area contributed by atoms with Crippen LogP contribution in [0, 0.1) is 0 Å². The smallest absolute Gasteiger partial charge is 0.294 e. The molecule has 0 aliphatic heterocycles. The monoisotopic (exact) mass is 360 g/mol. The highest BCUT2D eigenvalue weighted by molar-refractivity contribution is 7.83. The maximum Gasteiger partial charge on any atom is 0.390 e. The third-order valence-corrected chi connectivity index (χ3v) is 5.15. The fourth-order valence-corrected chi connectivity index (χ4v) is 4.49. The minimum absolute atomic E-state index is 0.628. The molecule has 0 N–H and O–H groups in total. The Hall–Kier alpha value is 0.577. The summed E-state index contributed by atoms with van der Waals surface area (Å²) in [6, 6.07) is 0. The molecule has 0 rings (SSSR count). The van der Waals surface area contributed by atoms with Crippen LogP contribution in [0.2, 0.25) is 19.6 Å². The molecule has 0 atom stereocenters. The van der Waals surface area contributed by atoms with Crippen molar-refractivity contribution in [1.82, 2.24) is 0 Å². The molecule has 7 nitrogen and oxygen atoms in total. The molecule has 0 aromatic rings. The van der Waals surface area contributed by atoms with E-state index in [1.165, 1.54) is 0 Å². The van der Waals surface area contributed by atoms with Gasteiger partial charge in [-0.2, -0.15) is 8.42 Å². The van der Waals surface area contributed by atoms with Crippen LogP contribution in [-0.4, -0.2) is 42.7 Å². The SMILES string of the molecule is C[Si](C)(C)OS(=O)(=O)OCC(Cl)(Cl)CO[SH](=O)=O. The Morgan fingerprint density at radius 3 is 2.06 bits per heavy atom. The van der Waals surface area contributed by atoms with E-state index in [0.29, 0.717) is 0 Å². The number of hydrogen-bond donors (Lipinski definition) is 1. The van der Waals surface area contributed by atoms with Crippen LogP contribution in [0.3, 0.4) is 0 Å². The van der Waals surface area contributed by atoms with Crippen molar-refractivity contribution in [3.8, 4) is 0 Å². The molecule has 18 heavy (non-hydrogen) atoms. The Bertz CT molecular complexity index is 431. The normalized spacial score (nSPS) is 14.1. The first-order valence-corrected chi connectivity index (χ1v) is 11.2. The van der Waals surface area contributed by atoms with Crippen LogP contribution >= 0.6 is 23.2 Å². The lowest BCUT2D eigenvalue weighted by Crippen LogP contribution is -2.34. The van der Waals surface area contributed by atoms with Gasteiger partial charge in [0.05, 0.1) is 0 Å². The third-order valence-electron chi connectivity index (χ3n) is 1.15. The summed E-state index contributed by atoms with van der Waals surface area (Å²) in [5.74, 6) is 0. The van der Waals surface area contributed by atoms with Crippen LogP contribution < -0.4 is 0 Å². The van der Waals surface area contributed by atoms with E-state index in [9.17, 15) is 16.8 Å². The Balaban J connectivity index is 4.38. The first kappa shape index (κ1) is 18.6. The lowest BCUT2D eigenvalue weighted by molar-refractivity contribution is 0.227. The molecule has 0 unspecified atom stereocenters. The van der Waals surface area contributed by atoms with Crippen molar-refractivity contribution in [3.63, 3.8) is 0 Å². The predicted octanol–water partition coefficient (Wildman–Crippen LogP) is 0.816. The molecule has 0 radical (unpaired) electrons. The van der Waals surface area contributed by atoms with Crippen LogP contribution in [0.15, 0.2) is 0 Å². The number of thiol groups is 1. The van der Waals surface area contributed by atoms with E-state index >= 15 is 0 Å². The van der Waals surface area contributed by atoms with Crippen LogP contribution in [-0.2, 0) is 33.6 Å². The van der Waals surface area contributed by atoms with Crippen molar-refractivity contribution in [2.24, 2.45) is 0 Å². The van der Waals surface area contributed by atoms with Gasteiger partial charge in [-0.25, -0.2) is 12.6 Å². The molecule has 0 saturated heterocycles. The number of alkyl halides is 2. The van der Waals surface area contributed by atoms with E-state index in [-0.39, 0.29) is 0 Å². The molecule has 12 heteroatoms. The highest BCUT2D eigenvalue weighted by Crippen LogP contribution is 2.23.